The highest BCUT2D eigenvalue weighted by atomic mass is 19.4. The van der Waals surface area contributed by atoms with Crippen LogP contribution >= 0.6 is 0 Å². The summed E-state index contributed by atoms with van der Waals surface area (Å²) in [6.45, 7) is 1.04. The van der Waals surface area contributed by atoms with Crippen LogP contribution in [0.5, 0.6) is 0 Å². The Morgan fingerprint density at radius 2 is 1.37 bits per heavy atom. The number of rotatable bonds is 5. The number of alkyl halides is 7. The molecule has 0 aliphatic carbocycles. The molecule has 0 aliphatic heterocycles. The monoisotopic (exact) mass is 301 g/mol. The van der Waals surface area contributed by atoms with E-state index in [2.05, 4.69) is 0 Å². The molecule has 0 amide bonds. The Morgan fingerprint density at radius 3 is 1.58 bits per heavy atom. The minimum atomic E-state index is -6.73. The molecular formula is C7H8F7N2O3+. The lowest BCUT2D eigenvalue weighted by molar-refractivity contribution is -0.890. The van der Waals surface area contributed by atoms with Crippen molar-refractivity contribution >= 4 is 0 Å². The van der Waals surface area contributed by atoms with Gasteiger partial charge in [0.15, 0.2) is 0 Å². The molecule has 1 atom stereocenters. The van der Waals surface area contributed by atoms with Gasteiger partial charge in [0.2, 0.25) is 0 Å². The topological polar surface area (TPSA) is 63.2 Å². The first-order valence-electron chi connectivity index (χ1n) is 4.60. The third kappa shape index (κ3) is 2.47. The van der Waals surface area contributed by atoms with Gasteiger partial charge in [-0.1, -0.05) is 6.92 Å². The summed E-state index contributed by atoms with van der Waals surface area (Å²) in [6.07, 6.45) is -7.74. The van der Waals surface area contributed by atoms with Crippen molar-refractivity contribution in [1.29, 1.82) is 0 Å². The smallest absolute Gasteiger partial charge is 0.258 e. The van der Waals surface area contributed by atoms with Gasteiger partial charge < -0.3 is 0 Å². The molecule has 12 heteroatoms. The SMILES string of the molecule is CCC(C)([N+](=O)[O-])[N+](=O)C(F)(F)C(F)(F)C(F)(F)F. The van der Waals surface area contributed by atoms with Crippen LogP contribution in [0, 0.1) is 15.0 Å². The molecule has 0 aliphatic rings. The first kappa shape index (κ1) is 17.5. The lowest BCUT2D eigenvalue weighted by atomic mass is 10.1. The maximum Gasteiger partial charge on any atom is 0.582 e. The van der Waals surface area contributed by atoms with E-state index in [1.807, 2.05) is 0 Å². The Balaban J connectivity index is 5.81. The summed E-state index contributed by atoms with van der Waals surface area (Å²) in [5, 5.41) is 10.4. The van der Waals surface area contributed by atoms with Gasteiger partial charge in [-0.15, -0.1) is 8.78 Å². The summed E-state index contributed by atoms with van der Waals surface area (Å²) in [6, 6.07) is -6.32. The third-order valence-corrected chi connectivity index (χ3v) is 2.49. The van der Waals surface area contributed by atoms with Crippen LogP contribution in [-0.2, 0) is 0 Å². The molecule has 0 heterocycles. The van der Waals surface area contributed by atoms with Crippen molar-refractivity contribution in [2.45, 2.75) is 44.1 Å². The number of nitrogens with zero attached hydrogens (tertiary/aromatic N) is 2. The molecule has 0 saturated carbocycles. The summed E-state index contributed by atoms with van der Waals surface area (Å²) >= 11 is 0. The van der Waals surface area contributed by atoms with E-state index < -0.39 is 39.9 Å². The Kier molecular flexibility index (Phi) is 4.20. The average molecular weight is 301 g/mol. The normalized spacial score (nSPS) is 16.9. The van der Waals surface area contributed by atoms with E-state index in [1.54, 1.807) is 0 Å². The molecule has 0 rings (SSSR count). The van der Waals surface area contributed by atoms with Crippen LogP contribution in [0.25, 0.3) is 0 Å². The minimum absolute atomic E-state index is 0.223. The van der Waals surface area contributed by atoms with E-state index in [0.717, 1.165) is 6.92 Å². The summed E-state index contributed by atoms with van der Waals surface area (Å²) in [5.41, 5.74) is -3.32. The molecule has 0 bridgehead atoms. The van der Waals surface area contributed by atoms with Crippen LogP contribution < -0.4 is 0 Å². The van der Waals surface area contributed by atoms with Crippen molar-refractivity contribution in [1.82, 2.24) is 0 Å². The van der Waals surface area contributed by atoms with Crippen molar-refractivity contribution in [2.75, 3.05) is 0 Å². The fraction of sp³-hybridized carbons (Fsp3) is 1.00. The van der Waals surface area contributed by atoms with E-state index >= 15 is 0 Å². The van der Waals surface area contributed by atoms with Gasteiger partial charge in [0.1, 0.15) is 4.76 Å². The van der Waals surface area contributed by atoms with Crippen LogP contribution in [-0.4, -0.2) is 33.5 Å². The molecule has 0 spiro atoms. The number of hydrogen-bond donors (Lipinski definition) is 0. The van der Waals surface area contributed by atoms with Crippen molar-refractivity contribution in [3.05, 3.63) is 15.0 Å². The summed E-state index contributed by atoms with van der Waals surface area (Å²) in [5.74, 6) is -6.73. The largest absolute Gasteiger partial charge is 0.582 e. The van der Waals surface area contributed by atoms with E-state index in [9.17, 15) is 45.8 Å². The lowest BCUT2D eigenvalue weighted by Crippen LogP contribution is -2.63. The molecule has 0 aromatic heterocycles. The first-order valence-corrected chi connectivity index (χ1v) is 4.60. The second kappa shape index (κ2) is 4.56. The zero-order valence-electron chi connectivity index (χ0n) is 9.47. The third-order valence-electron chi connectivity index (χ3n) is 2.49. The Labute approximate surface area is 101 Å². The van der Waals surface area contributed by atoms with Crippen molar-refractivity contribution in [3.8, 4) is 0 Å². The average Bonchev–Trinajstić information content (AvgIpc) is 2.24. The first-order chi connectivity index (χ1) is 8.16. The van der Waals surface area contributed by atoms with Gasteiger partial charge in [0.05, 0.1) is 18.3 Å². The number of nitroso groups, excluding NO2 is 1. The highest BCUT2D eigenvalue weighted by Crippen LogP contribution is 2.48. The fourth-order valence-corrected chi connectivity index (χ4v) is 0.947. The van der Waals surface area contributed by atoms with E-state index in [4.69, 9.17) is 0 Å². The van der Waals surface area contributed by atoms with Gasteiger partial charge >= 0.3 is 23.8 Å². The molecule has 0 saturated heterocycles. The second-order valence-electron chi connectivity index (χ2n) is 3.74. The van der Waals surface area contributed by atoms with Gasteiger partial charge in [-0.3, -0.25) is 10.1 Å². The second-order valence-corrected chi connectivity index (χ2v) is 3.74. The lowest BCUT2D eigenvalue weighted by Gasteiger charge is -2.23. The molecule has 0 aromatic carbocycles. The summed E-state index contributed by atoms with van der Waals surface area (Å²) in [4.78, 5) is 19.8. The maximum absolute atomic E-state index is 13.0. The fourth-order valence-electron chi connectivity index (χ4n) is 0.947. The highest BCUT2D eigenvalue weighted by molar-refractivity contribution is 4.84. The highest BCUT2D eigenvalue weighted by Gasteiger charge is 2.86. The molecule has 0 N–H and O–H groups in total. The number of halogens is 7. The van der Waals surface area contributed by atoms with Gasteiger partial charge in [-0.05, 0) is 0 Å². The number of nitro groups is 1. The van der Waals surface area contributed by atoms with E-state index in [1.165, 1.54) is 0 Å². The van der Waals surface area contributed by atoms with Gasteiger partial charge in [-0.25, -0.2) is 0 Å². The Bertz CT molecular complexity index is 395. The van der Waals surface area contributed by atoms with Crippen molar-refractivity contribution in [3.63, 3.8) is 0 Å². The predicted octanol–water partition coefficient (Wildman–Crippen LogP) is 2.96. The summed E-state index contributed by atoms with van der Waals surface area (Å²) < 4.78 is 84.4. The quantitative estimate of drug-likeness (QED) is 0.196. The zero-order chi connectivity index (χ0) is 15.9. The molecule has 19 heavy (non-hydrogen) atoms. The standard InChI is InChI=1S/C7H8F7N2O3/c1-3-4(2,16(18)19)15(17)7(13,14)5(8,9)6(10,11)12/h3H2,1-2H3/q+1. The minimum Gasteiger partial charge on any atom is -0.258 e. The predicted molar refractivity (Wildman–Crippen MR) is 45.3 cm³/mol. The van der Waals surface area contributed by atoms with Gasteiger partial charge in [0, 0.05) is 4.91 Å². The van der Waals surface area contributed by atoms with E-state index in [-0.39, 0.29) is 6.92 Å². The Morgan fingerprint density at radius 1 is 1.00 bits per heavy atom. The molecule has 0 fully saturated rings. The maximum atomic E-state index is 13.0. The molecule has 0 radical (unpaired) electrons. The van der Waals surface area contributed by atoms with Crippen molar-refractivity contribution in [2.24, 2.45) is 0 Å². The van der Waals surface area contributed by atoms with Crippen LogP contribution in [0.2, 0.25) is 0 Å². The molecule has 5 nitrogen and oxygen atoms in total. The number of hydrogen-bond acceptors (Lipinski definition) is 3. The molecule has 112 valence electrons. The van der Waals surface area contributed by atoms with E-state index in [0.29, 0.717) is 0 Å². The molecule has 0 aromatic rings. The van der Waals surface area contributed by atoms with Gasteiger partial charge in [-0.2, -0.15) is 22.0 Å². The molecular weight excluding hydrogens is 293 g/mol. The van der Waals surface area contributed by atoms with Crippen LogP contribution in [0.4, 0.5) is 30.7 Å². The zero-order valence-corrected chi connectivity index (χ0v) is 9.47. The molecule has 1 unspecified atom stereocenters. The van der Waals surface area contributed by atoms with Crippen LogP contribution in [0.1, 0.15) is 20.3 Å². The van der Waals surface area contributed by atoms with Crippen LogP contribution in [0.3, 0.4) is 0 Å². The summed E-state index contributed by atoms with van der Waals surface area (Å²) in [7, 11) is 0. The Hall–Kier alpha value is -1.49. The van der Waals surface area contributed by atoms with Gasteiger partial charge in [0.25, 0.3) is 0 Å². The van der Waals surface area contributed by atoms with Crippen molar-refractivity contribution < 1.29 is 40.4 Å². The van der Waals surface area contributed by atoms with Crippen LogP contribution in [0.15, 0.2) is 0 Å².